The highest BCUT2D eigenvalue weighted by atomic mass is 28.4. The number of hydrogen-bond donors (Lipinski definition) is 0. The van der Waals surface area contributed by atoms with Crippen LogP contribution in [-0.4, -0.2) is 61.6 Å². The van der Waals surface area contributed by atoms with Crippen molar-refractivity contribution in [2.45, 2.75) is 129 Å². The van der Waals surface area contributed by atoms with Crippen LogP contribution in [0.25, 0.3) is 0 Å². The van der Waals surface area contributed by atoms with Crippen LogP contribution in [0.3, 0.4) is 0 Å². The largest absolute Gasteiger partial charge is 0.412 e. The highest BCUT2D eigenvalue weighted by Crippen LogP contribution is 2.39. The van der Waals surface area contributed by atoms with Gasteiger partial charge < -0.3 is 18.3 Å². The van der Waals surface area contributed by atoms with Crippen molar-refractivity contribution >= 4 is 24.7 Å². The molecule has 1 unspecified atom stereocenters. The first-order valence-corrected chi connectivity index (χ1v) is 21.9. The average Bonchev–Trinajstić information content (AvgIpc) is 2.63. The topological polar surface area (TPSA) is 36.9 Å². The fourth-order valence-corrected chi connectivity index (χ4v) is 14.3. The maximum absolute atomic E-state index is 7.20. The smallest absolute Gasteiger partial charge is 0.216 e. The minimum Gasteiger partial charge on any atom is -0.412 e. The van der Waals surface area contributed by atoms with Crippen molar-refractivity contribution in [1.82, 2.24) is 0 Å². The van der Waals surface area contributed by atoms with E-state index in [1.807, 2.05) is 0 Å². The van der Waals surface area contributed by atoms with Crippen LogP contribution in [0.2, 0.25) is 51.4 Å². The molecule has 0 aromatic rings. The van der Waals surface area contributed by atoms with Crippen molar-refractivity contribution in [1.29, 1.82) is 0 Å². The minimum atomic E-state index is -2.14. The number of ether oxygens (including phenoxy) is 2. The van der Waals surface area contributed by atoms with E-state index in [0.717, 1.165) is 58.2 Å². The molecule has 0 aliphatic rings. The third-order valence-electron chi connectivity index (χ3n) is 7.28. The molecule has 31 heavy (non-hydrogen) atoms. The lowest BCUT2D eigenvalue weighted by atomic mass is 10.3. The van der Waals surface area contributed by atoms with Gasteiger partial charge in [0.1, 0.15) is 0 Å². The van der Waals surface area contributed by atoms with Crippen LogP contribution in [-0.2, 0) is 18.3 Å². The molecular formula is C24H56O4Si3. The van der Waals surface area contributed by atoms with Crippen LogP contribution in [0.15, 0.2) is 0 Å². The molecule has 188 valence electrons. The Labute approximate surface area is 198 Å². The highest BCUT2D eigenvalue weighted by Gasteiger charge is 2.52. The molecule has 0 N–H and O–H groups in total. The predicted molar refractivity (Wildman–Crippen MR) is 144 cm³/mol. The van der Waals surface area contributed by atoms with E-state index in [-0.39, 0.29) is 10.4 Å². The van der Waals surface area contributed by atoms with E-state index in [9.17, 15) is 0 Å². The van der Waals surface area contributed by atoms with Gasteiger partial charge in [-0.3, -0.25) is 0 Å². The lowest BCUT2D eigenvalue weighted by Gasteiger charge is -2.52. The Balaban J connectivity index is 5.19. The summed E-state index contributed by atoms with van der Waals surface area (Å²) >= 11 is 0. The molecule has 0 amide bonds. The first kappa shape index (κ1) is 31.5. The summed E-state index contributed by atoms with van der Waals surface area (Å²) in [6.45, 7) is 31.3. The summed E-state index contributed by atoms with van der Waals surface area (Å²) in [7, 11) is -5.55. The van der Waals surface area contributed by atoms with Gasteiger partial charge in [0.2, 0.25) is 8.32 Å². The summed E-state index contributed by atoms with van der Waals surface area (Å²) in [6.07, 6.45) is 4.37. The van der Waals surface area contributed by atoms with Gasteiger partial charge in [-0.15, -0.1) is 0 Å². The molecule has 1 atom stereocenters. The standard InChI is InChI=1S/C24H56O4Si3/c1-13-18-26-20-17-22-30(9,10)27-23(4,5)31(11,12)28-24(6,14-2)29(7,8)21-16-19-25-15-3/h13-22H2,1-12H3. The SMILES string of the molecule is CCCOCCC[Si](C)(C)OC(C)(C)[Si](C)(C)OC(C)(CC)[Si](C)(C)CCCOCC. The van der Waals surface area contributed by atoms with Gasteiger partial charge in [-0.25, -0.2) is 0 Å². The Morgan fingerprint density at radius 1 is 0.677 bits per heavy atom. The maximum atomic E-state index is 7.20. The van der Waals surface area contributed by atoms with Crippen LogP contribution in [0, 0.1) is 0 Å². The molecule has 0 spiro atoms. The first-order chi connectivity index (χ1) is 14.1. The molecule has 0 heterocycles. The lowest BCUT2D eigenvalue weighted by molar-refractivity contribution is 0.0856. The number of hydrogen-bond acceptors (Lipinski definition) is 4. The summed E-state index contributed by atoms with van der Waals surface area (Å²) in [5, 5.41) is -0.269. The normalized spacial score (nSPS) is 15.9. The van der Waals surface area contributed by atoms with E-state index < -0.39 is 24.7 Å². The molecule has 0 aromatic carbocycles. The van der Waals surface area contributed by atoms with Crippen LogP contribution >= 0.6 is 0 Å². The van der Waals surface area contributed by atoms with Crippen LogP contribution < -0.4 is 0 Å². The summed E-state index contributed by atoms with van der Waals surface area (Å²) in [5.74, 6) is 0. The zero-order valence-corrected chi connectivity index (χ0v) is 26.2. The molecule has 0 radical (unpaired) electrons. The molecular weight excluding hydrogens is 437 g/mol. The second-order valence-corrected chi connectivity index (χ2v) is 25.4. The summed E-state index contributed by atoms with van der Waals surface area (Å²) in [5.41, 5.74) is 0. The summed E-state index contributed by atoms with van der Waals surface area (Å²) in [4.78, 5) is 0. The molecule has 0 saturated heterocycles. The Kier molecular flexibility index (Phi) is 13.6. The Bertz CT molecular complexity index is 495. The quantitative estimate of drug-likeness (QED) is 0.147. The van der Waals surface area contributed by atoms with Gasteiger partial charge in [-0.05, 0) is 85.6 Å². The second kappa shape index (κ2) is 13.4. The minimum absolute atomic E-state index is 0.0464. The fraction of sp³-hybridized carbons (Fsp3) is 1.00. The third kappa shape index (κ3) is 10.5. The van der Waals surface area contributed by atoms with Crippen molar-refractivity contribution in [3.8, 4) is 0 Å². The molecule has 0 fully saturated rings. The molecule has 0 rings (SSSR count). The van der Waals surface area contributed by atoms with E-state index in [2.05, 4.69) is 80.8 Å². The van der Waals surface area contributed by atoms with E-state index in [0.29, 0.717) is 0 Å². The van der Waals surface area contributed by atoms with E-state index in [1.54, 1.807) is 0 Å². The molecule has 7 heteroatoms. The van der Waals surface area contributed by atoms with Gasteiger partial charge >= 0.3 is 0 Å². The maximum Gasteiger partial charge on any atom is 0.216 e. The van der Waals surface area contributed by atoms with Gasteiger partial charge in [-0.2, -0.15) is 0 Å². The van der Waals surface area contributed by atoms with Crippen LogP contribution in [0.5, 0.6) is 0 Å². The molecule has 0 aliphatic heterocycles. The third-order valence-corrected chi connectivity index (χ3v) is 19.2. The Morgan fingerprint density at radius 3 is 1.74 bits per heavy atom. The van der Waals surface area contributed by atoms with Gasteiger partial charge in [-0.1, -0.05) is 33.0 Å². The Hall–Kier alpha value is 0.491. The van der Waals surface area contributed by atoms with E-state index in [4.69, 9.17) is 18.3 Å². The molecule has 0 aliphatic carbocycles. The van der Waals surface area contributed by atoms with Gasteiger partial charge in [0.05, 0.1) is 13.3 Å². The Morgan fingerprint density at radius 2 is 1.23 bits per heavy atom. The van der Waals surface area contributed by atoms with Gasteiger partial charge in [0, 0.05) is 31.7 Å². The van der Waals surface area contributed by atoms with Crippen LogP contribution in [0.4, 0.5) is 0 Å². The molecule has 4 nitrogen and oxygen atoms in total. The lowest BCUT2D eigenvalue weighted by Crippen LogP contribution is -2.66. The molecule has 0 saturated carbocycles. The van der Waals surface area contributed by atoms with Crippen molar-refractivity contribution in [2.75, 3.05) is 26.4 Å². The highest BCUT2D eigenvalue weighted by molar-refractivity contribution is 6.82. The number of rotatable bonds is 18. The van der Waals surface area contributed by atoms with Crippen molar-refractivity contribution in [2.24, 2.45) is 0 Å². The monoisotopic (exact) mass is 492 g/mol. The van der Waals surface area contributed by atoms with Crippen molar-refractivity contribution in [3.05, 3.63) is 0 Å². The van der Waals surface area contributed by atoms with E-state index >= 15 is 0 Å². The summed E-state index contributed by atoms with van der Waals surface area (Å²) in [6, 6.07) is 2.37. The second-order valence-electron chi connectivity index (χ2n) is 11.5. The first-order valence-electron chi connectivity index (χ1n) is 12.7. The molecule has 0 bridgehead atoms. The zero-order chi connectivity index (χ0) is 24.4. The van der Waals surface area contributed by atoms with Crippen molar-refractivity contribution in [3.63, 3.8) is 0 Å². The summed E-state index contributed by atoms with van der Waals surface area (Å²) < 4.78 is 25.4. The predicted octanol–water partition coefficient (Wildman–Crippen LogP) is 7.41. The fourth-order valence-electron chi connectivity index (χ4n) is 4.11. The molecule has 0 aromatic heterocycles. The average molecular weight is 493 g/mol. The van der Waals surface area contributed by atoms with Gasteiger partial charge in [0.25, 0.3) is 0 Å². The van der Waals surface area contributed by atoms with E-state index in [1.165, 1.54) is 6.04 Å². The zero-order valence-electron chi connectivity index (χ0n) is 23.2. The van der Waals surface area contributed by atoms with Crippen molar-refractivity contribution < 1.29 is 18.3 Å². The van der Waals surface area contributed by atoms with Gasteiger partial charge in [0.15, 0.2) is 8.32 Å². The van der Waals surface area contributed by atoms with Crippen LogP contribution in [0.1, 0.15) is 67.2 Å².